The third-order valence-corrected chi connectivity index (χ3v) is 2.66. The molecule has 2 aromatic rings. The Morgan fingerprint density at radius 2 is 1.72 bits per heavy atom. The van der Waals surface area contributed by atoms with Gasteiger partial charge in [0.1, 0.15) is 11.5 Å². The molecule has 0 amide bonds. The number of methoxy groups -OCH3 is 1. The number of para-hydroxylation sites is 1. The topological polar surface area (TPSA) is 41.8 Å². The van der Waals surface area contributed by atoms with Crippen LogP contribution in [0, 0.1) is 0 Å². The zero-order valence-corrected chi connectivity index (χ0v) is 10.4. The number of phenols is 1. The van der Waals surface area contributed by atoms with E-state index >= 15 is 0 Å². The molecular weight excluding hydrogens is 226 g/mol. The number of phenolic OH excluding ortho intramolecular Hbond substituents is 1. The zero-order valence-electron chi connectivity index (χ0n) is 10.4. The largest absolute Gasteiger partial charge is 0.507 e. The second kappa shape index (κ2) is 5.36. The lowest BCUT2D eigenvalue weighted by Crippen LogP contribution is -1.94. The molecular formula is C15H15NO2. The lowest BCUT2D eigenvalue weighted by molar-refractivity contribution is 0.415. The van der Waals surface area contributed by atoms with Gasteiger partial charge in [0.25, 0.3) is 0 Å². The van der Waals surface area contributed by atoms with Crippen LogP contribution in [-0.2, 0) is 0 Å². The lowest BCUT2D eigenvalue weighted by Gasteiger charge is -2.04. The van der Waals surface area contributed by atoms with Crippen LogP contribution in [-0.4, -0.2) is 17.9 Å². The maximum Gasteiger partial charge on any atom is 0.124 e. The van der Waals surface area contributed by atoms with Crippen molar-refractivity contribution < 1.29 is 9.84 Å². The fourth-order valence-electron chi connectivity index (χ4n) is 1.69. The number of hydrogen-bond donors (Lipinski definition) is 1. The minimum atomic E-state index is 0.243. The average molecular weight is 241 g/mol. The highest BCUT2D eigenvalue weighted by molar-refractivity contribution is 6.02. The van der Waals surface area contributed by atoms with Crippen molar-refractivity contribution in [1.82, 2.24) is 0 Å². The summed E-state index contributed by atoms with van der Waals surface area (Å²) in [5, 5.41) is 9.74. The second-order valence-electron chi connectivity index (χ2n) is 3.91. The molecule has 18 heavy (non-hydrogen) atoms. The van der Waals surface area contributed by atoms with Gasteiger partial charge in [0, 0.05) is 11.3 Å². The molecule has 0 heterocycles. The van der Waals surface area contributed by atoms with Crippen molar-refractivity contribution in [1.29, 1.82) is 0 Å². The van der Waals surface area contributed by atoms with Crippen molar-refractivity contribution >= 4 is 11.4 Å². The van der Waals surface area contributed by atoms with Gasteiger partial charge < -0.3 is 9.84 Å². The van der Waals surface area contributed by atoms with Gasteiger partial charge in [-0.1, -0.05) is 12.1 Å². The van der Waals surface area contributed by atoms with Gasteiger partial charge >= 0.3 is 0 Å². The minimum absolute atomic E-state index is 0.243. The monoisotopic (exact) mass is 241 g/mol. The van der Waals surface area contributed by atoms with E-state index in [4.69, 9.17) is 4.74 Å². The fraction of sp³-hybridized carbons (Fsp3) is 0.133. The SMILES string of the molecule is COc1ccc(/N=C(\C)c2ccccc2O)cc1. The van der Waals surface area contributed by atoms with Crippen LogP contribution in [0.1, 0.15) is 12.5 Å². The normalized spacial score (nSPS) is 11.3. The highest BCUT2D eigenvalue weighted by atomic mass is 16.5. The van der Waals surface area contributed by atoms with Crippen molar-refractivity contribution in [2.45, 2.75) is 6.92 Å². The molecule has 0 saturated carbocycles. The van der Waals surface area contributed by atoms with Gasteiger partial charge in [0.15, 0.2) is 0 Å². The number of ether oxygens (including phenoxy) is 1. The summed E-state index contributed by atoms with van der Waals surface area (Å²) in [6.07, 6.45) is 0. The molecule has 0 radical (unpaired) electrons. The smallest absolute Gasteiger partial charge is 0.124 e. The number of aromatic hydroxyl groups is 1. The van der Waals surface area contributed by atoms with Crippen molar-refractivity contribution in [2.75, 3.05) is 7.11 Å². The van der Waals surface area contributed by atoms with Crippen LogP contribution in [0.2, 0.25) is 0 Å². The second-order valence-corrected chi connectivity index (χ2v) is 3.91. The van der Waals surface area contributed by atoms with Crippen molar-refractivity contribution in [2.24, 2.45) is 4.99 Å². The van der Waals surface area contributed by atoms with Gasteiger partial charge in [-0.15, -0.1) is 0 Å². The summed E-state index contributed by atoms with van der Waals surface area (Å²) in [5.41, 5.74) is 2.35. The van der Waals surface area contributed by atoms with Crippen LogP contribution < -0.4 is 4.74 Å². The maximum atomic E-state index is 9.74. The van der Waals surface area contributed by atoms with E-state index < -0.39 is 0 Å². The third kappa shape index (κ3) is 2.69. The molecule has 3 nitrogen and oxygen atoms in total. The highest BCUT2D eigenvalue weighted by Crippen LogP contribution is 2.21. The minimum Gasteiger partial charge on any atom is -0.507 e. The van der Waals surface area contributed by atoms with E-state index in [0.717, 1.165) is 22.7 Å². The lowest BCUT2D eigenvalue weighted by atomic mass is 10.1. The van der Waals surface area contributed by atoms with Gasteiger partial charge in [-0.25, -0.2) is 0 Å². The summed E-state index contributed by atoms with van der Waals surface area (Å²) >= 11 is 0. The van der Waals surface area contributed by atoms with E-state index in [-0.39, 0.29) is 5.75 Å². The Hall–Kier alpha value is -2.29. The number of nitrogens with zero attached hydrogens (tertiary/aromatic N) is 1. The maximum absolute atomic E-state index is 9.74. The molecule has 0 saturated heterocycles. The predicted molar refractivity (Wildman–Crippen MR) is 73.0 cm³/mol. The first-order chi connectivity index (χ1) is 8.70. The van der Waals surface area contributed by atoms with Crippen LogP contribution in [0.25, 0.3) is 0 Å². The highest BCUT2D eigenvalue weighted by Gasteiger charge is 2.03. The standard InChI is InChI=1S/C15H15NO2/c1-11(14-5-3-4-6-15(14)17)16-12-7-9-13(18-2)10-8-12/h3-10,17H,1-2H3/b16-11+. The number of rotatable bonds is 3. The van der Waals surface area contributed by atoms with Crippen LogP contribution in [0.5, 0.6) is 11.5 Å². The van der Waals surface area contributed by atoms with Gasteiger partial charge in [-0.3, -0.25) is 4.99 Å². The molecule has 0 atom stereocenters. The molecule has 0 unspecified atom stereocenters. The molecule has 2 aromatic carbocycles. The summed E-state index contributed by atoms with van der Waals surface area (Å²) in [4.78, 5) is 4.47. The van der Waals surface area contributed by atoms with Crippen molar-refractivity contribution in [3.63, 3.8) is 0 Å². The molecule has 0 aliphatic carbocycles. The van der Waals surface area contributed by atoms with Gasteiger partial charge in [0.05, 0.1) is 12.8 Å². The molecule has 0 aliphatic rings. The molecule has 0 bridgehead atoms. The third-order valence-electron chi connectivity index (χ3n) is 2.66. The van der Waals surface area contributed by atoms with Crippen molar-refractivity contribution in [3.8, 4) is 11.5 Å². The van der Waals surface area contributed by atoms with E-state index in [0.29, 0.717) is 0 Å². The van der Waals surface area contributed by atoms with Crippen LogP contribution in [0.15, 0.2) is 53.5 Å². The zero-order chi connectivity index (χ0) is 13.0. The molecule has 2 rings (SSSR count). The molecule has 1 N–H and O–H groups in total. The summed E-state index contributed by atoms with van der Waals surface area (Å²) in [6.45, 7) is 1.87. The van der Waals surface area contributed by atoms with E-state index in [1.165, 1.54) is 0 Å². The van der Waals surface area contributed by atoms with Crippen LogP contribution >= 0.6 is 0 Å². The number of benzene rings is 2. The first kappa shape index (κ1) is 12.2. The van der Waals surface area contributed by atoms with Gasteiger partial charge in [0.2, 0.25) is 0 Å². The molecule has 0 aromatic heterocycles. The molecule has 92 valence electrons. The van der Waals surface area contributed by atoms with Gasteiger partial charge in [-0.05, 0) is 43.3 Å². The Morgan fingerprint density at radius 1 is 1.06 bits per heavy atom. The van der Waals surface area contributed by atoms with Crippen molar-refractivity contribution in [3.05, 3.63) is 54.1 Å². The van der Waals surface area contributed by atoms with Crippen LogP contribution in [0.4, 0.5) is 5.69 Å². The van der Waals surface area contributed by atoms with Gasteiger partial charge in [-0.2, -0.15) is 0 Å². The van der Waals surface area contributed by atoms with E-state index in [2.05, 4.69) is 4.99 Å². The number of aliphatic imine (C=N–C) groups is 1. The quantitative estimate of drug-likeness (QED) is 0.835. The fourth-order valence-corrected chi connectivity index (χ4v) is 1.69. The first-order valence-corrected chi connectivity index (χ1v) is 5.68. The Kier molecular flexibility index (Phi) is 3.63. The summed E-state index contributed by atoms with van der Waals surface area (Å²) < 4.78 is 5.09. The summed E-state index contributed by atoms with van der Waals surface area (Å²) in [6, 6.07) is 14.6. The average Bonchev–Trinajstić information content (AvgIpc) is 2.40. The first-order valence-electron chi connectivity index (χ1n) is 5.68. The Balaban J connectivity index is 2.29. The Bertz CT molecular complexity index is 559. The molecule has 0 spiro atoms. The van der Waals surface area contributed by atoms with E-state index in [1.807, 2.05) is 43.3 Å². The molecule has 3 heteroatoms. The summed E-state index contributed by atoms with van der Waals surface area (Å²) in [5.74, 6) is 1.04. The number of hydrogen-bond acceptors (Lipinski definition) is 3. The van der Waals surface area contributed by atoms with Crippen LogP contribution in [0.3, 0.4) is 0 Å². The Labute approximate surface area is 106 Å². The molecule has 0 fully saturated rings. The molecule has 0 aliphatic heterocycles. The summed E-state index contributed by atoms with van der Waals surface area (Å²) in [7, 11) is 1.63. The Morgan fingerprint density at radius 3 is 2.33 bits per heavy atom. The van der Waals surface area contributed by atoms with E-state index in [9.17, 15) is 5.11 Å². The van der Waals surface area contributed by atoms with E-state index in [1.54, 1.807) is 19.2 Å². The predicted octanol–water partition coefficient (Wildman–Crippen LogP) is 3.54.